The van der Waals surface area contributed by atoms with Gasteiger partial charge >= 0.3 is 0 Å². The maximum absolute atomic E-state index is 10.1. The molecule has 3 rings (SSSR count). The van der Waals surface area contributed by atoms with Gasteiger partial charge in [-0.05, 0) is 51.1 Å². The lowest BCUT2D eigenvalue weighted by Crippen LogP contribution is -2.42. The minimum atomic E-state index is 0.0771. The number of likely N-dealkylation sites (tertiary alicyclic amines) is 1. The van der Waals surface area contributed by atoms with E-state index in [0.717, 1.165) is 26.1 Å². The molecule has 0 saturated carbocycles. The van der Waals surface area contributed by atoms with Crippen LogP contribution in [0, 0.1) is 6.92 Å². The number of benzene rings is 1. The minimum absolute atomic E-state index is 0.0771. The first kappa shape index (κ1) is 16.9. The molecule has 2 N–H and O–H groups in total. The highest BCUT2D eigenvalue weighted by atomic mass is 35.5. The highest BCUT2D eigenvalue weighted by Gasteiger charge is 2.20. The predicted octanol–water partition coefficient (Wildman–Crippen LogP) is 3.10. The summed E-state index contributed by atoms with van der Waals surface area (Å²) in [6.45, 7) is 7.26. The van der Waals surface area contributed by atoms with E-state index in [1.807, 2.05) is 6.92 Å². The lowest BCUT2D eigenvalue weighted by molar-refractivity contribution is 0.226. The molecule has 1 atom stereocenters. The Morgan fingerprint density at radius 2 is 2.21 bits per heavy atom. The molecule has 24 heavy (non-hydrogen) atoms. The Bertz CT molecular complexity index is 724. The quantitative estimate of drug-likeness (QED) is 0.885. The van der Waals surface area contributed by atoms with Gasteiger partial charge in [0, 0.05) is 23.2 Å². The number of phenols is 1. The zero-order valence-corrected chi connectivity index (χ0v) is 14.7. The summed E-state index contributed by atoms with van der Waals surface area (Å²) in [5.74, 6) is 0.612. The van der Waals surface area contributed by atoms with Crippen LogP contribution in [0.15, 0.2) is 18.2 Å². The normalized spacial score (nSPS) is 18.5. The summed E-state index contributed by atoms with van der Waals surface area (Å²) in [7, 11) is 0. The zero-order chi connectivity index (χ0) is 17.1. The molecule has 0 radical (unpaired) electrons. The fraction of sp³-hybridized carbons (Fsp3) is 0.471. The predicted molar refractivity (Wildman–Crippen MR) is 95.4 cm³/mol. The Balaban J connectivity index is 1.77. The van der Waals surface area contributed by atoms with Gasteiger partial charge in [-0.25, -0.2) is 4.98 Å². The maximum Gasteiger partial charge on any atom is 0.243 e. The van der Waals surface area contributed by atoms with Crippen LogP contribution in [-0.2, 0) is 0 Å². The maximum atomic E-state index is 10.1. The third-order valence-corrected chi connectivity index (χ3v) is 4.60. The van der Waals surface area contributed by atoms with Crippen molar-refractivity contribution in [2.45, 2.75) is 32.7 Å². The molecule has 2 aromatic rings. The molecule has 0 bridgehead atoms. The van der Waals surface area contributed by atoms with Crippen molar-refractivity contribution in [2.75, 3.05) is 25.0 Å². The van der Waals surface area contributed by atoms with Gasteiger partial charge in [-0.1, -0.05) is 18.5 Å². The van der Waals surface area contributed by atoms with Gasteiger partial charge in [-0.3, -0.25) is 0 Å². The summed E-state index contributed by atoms with van der Waals surface area (Å²) in [4.78, 5) is 6.93. The Morgan fingerprint density at radius 1 is 1.38 bits per heavy atom. The first-order chi connectivity index (χ1) is 11.6. The zero-order valence-electron chi connectivity index (χ0n) is 14.0. The van der Waals surface area contributed by atoms with E-state index in [2.05, 4.69) is 32.3 Å². The van der Waals surface area contributed by atoms with Gasteiger partial charge in [-0.15, -0.1) is 10.2 Å². The second-order valence-electron chi connectivity index (χ2n) is 6.11. The van der Waals surface area contributed by atoms with Gasteiger partial charge < -0.3 is 15.3 Å². The molecule has 0 spiro atoms. The third-order valence-electron chi connectivity index (χ3n) is 4.36. The van der Waals surface area contributed by atoms with E-state index in [4.69, 9.17) is 11.6 Å². The van der Waals surface area contributed by atoms with Gasteiger partial charge in [0.2, 0.25) is 5.95 Å². The molecule has 1 aliphatic rings. The highest BCUT2D eigenvalue weighted by molar-refractivity contribution is 6.30. The number of aromatic hydroxyl groups is 1. The van der Waals surface area contributed by atoms with E-state index in [1.165, 1.54) is 12.5 Å². The molecule has 1 saturated heterocycles. The average Bonchev–Trinajstić information content (AvgIpc) is 2.56. The van der Waals surface area contributed by atoms with Crippen molar-refractivity contribution in [3.63, 3.8) is 0 Å². The number of halogens is 1. The number of nitrogens with one attached hydrogen (secondary N) is 1. The van der Waals surface area contributed by atoms with Crippen molar-refractivity contribution in [3.05, 3.63) is 28.9 Å². The van der Waals surface area contributed by atoms with Crippen LogP contribution < -0.4 is 5.32 Å². The largest absolute Gasteiger partial charge is 0.507 e. The van der Waals surface area contributed by atoms with Crippen LogP contribution in [0.2, 0.25) is 5.02 Å². The first-order valence-corrected chi connectivity index (χ1v) is 8.63. The Hall–Kier alpha value is -1.92. The molecular formula is C17H22ClN5O. The van der Waals surface area contributed by atoms with E-state index in [-0.39, 0.29) is 5.75 Å². The summed E-state index contributed by atoms with van der Waals surface area (Å²) < 4.78 is 0. The second kappa shape index (κ2) is 7.32. The standard InChI is InChI=1S/C17H22ClN5O/c1-3-23-8-4-5-13(10-23)20-17-19-11(2)16(21-22-17)14-7-6-12(18)9-15(14)24/h6-7,9,13,24H,3-5,8,10H2,1-2H3,(H,19,20,22)/t13-/m1/s1. The van der Waals surface area contributed by atoms with E-state index in [1.54, 1.807) is 12.1 Å². The number of phenolic OH excluding ortho intramolecular Hbond substituents is 1. The molecule has 0 amide bonds. The lowest BCUT2D eigenvalue weighted by atomic mass is 10.1. The number of piperidine rings is 1. The number of rotatable bonds is 4. The molecular weight excluding hydrogens is 326 g/mol. The van der Waals surface area contributed by atoms with Crippen LogP contribution in [0.4, 0.5) is 5.95 Å². The summed E-state index contributed by atoms with van der Waals surface area (Å²) in [5.41, 5.74) is 1.86. The van der Waals surface area contributed by atoms with Crippen LogP contribution in [0.3, 0.4) is 0 Å². The number of likely N-dealkylation sites (N-methyl/N-ethyl adjacent to an activating group) is 1. The number of hydrogen-bond acceptors (Lipinski definition) is 6. The molecule has 1 fully saturated rings. The van der Waals surface area contributed by atoms with Crippen LogP contribution in [-0.4, -0.2) is 50.9 Å². The van der Waals surface area contributed by atoms with Crippen molar-refractivity contribution in [3.8, 4) is 17.0 Å². The Labute approximate surface area is 146 Å². The molecule has 1 aromatic carbocycles. The molecule has 6 nitrogen and oxygen atoms in total. The van der Waals surface area contributed by atoms with E-state index in [9.17, 15) is 5.11 Å². The second-order valence-corrected chi connectivity index (χ2v) is 6.54. The van der Waals surface area contributed by atoms with Gasteiger partial charge in [0.1, 0.15) is 11.4 Å². The summed E-state index contributed by atoms with van der Waals surface area (Å²) in [6, 6.07) is 5.27. The topological polar surface area (TPSA) is 74.2 Å². The van der Waals surface area contributed by atoms with Gasteiger partial charge in [-0.2, -0.15) is 0 Å². The fourth-order valence-corrected chi connectivity index (χ4v) is 3.23. The molecule has 1 aliphatic heterocycles. The number of aromatic nitrogens is 3. The van der Waals surface area contributed by atoms with Crippen molar-refractivity contribution in [1.29, 1.82) is 0 Å². The van der Waals surface area contributed by atoms with Crippen LogP contribution in [0.5, 0.6) is 5.75 Å². The van der Waals surface area contributed by atoms with Gasteiger partial charge in [0.25, 0.3) is 0 Å². The molecule has 0 aliphatic carbocycles. The van der Waals surface area contributed by atoms with Crippen LogP contribution in [0.25, 0.3) is 11.3 Å². The number of hydrogen-bond donors (Lipinski definition) is 2. The van der Waals surface area contributed by atoms with E-state index in [0.29, 0.717) is 34.0 Å². The molecule has 2 heterocycles. The van der Waals surface area contributed by atoms with E-state index >= 15 is 0 Å². The number of anilines is 1. The first-order valence-electron chi connectivity index (χ1n) is 8.26. The van der Waals surface area contributed by atoms with Crippen molar-refractivity contribution >= 4 is 17.5 Å². The fourth-order valence-electron chi connectivity index (χ4n) is 3.06. The van der Waals surface area contributed by atoms with E-state index < -0.39 is 0 Å². The highest BCUT2D eigenvalue weighted by Crippen LogP contribution is 2.31. The van der Waals surface area contributed by atoms with Crippen LogP contribution >= 0.6 is 11.6 Å². The van der Waals surface area contributed by atoms with Gasteiger partial charge in [0.15, 0.2) is 0 Å². The van der Waals surface area contributed by atoms with Gasteiger partial charge in [0.05, 0.1) is 5.69 Å². The van der Waals surface area contributed by atoms with Crippen molar-refractivity contribution in [2.24, 2.45) is 0 Å². The molecule has 7 heteroatoms. The number of aryl methyl sites for hydroxylation is 1. The van der Waals surface area contributed by atoms with Crippen molar-refractivity contribution < 1.29 is 5.11 Å². The monoisotopic (exact) mass is 347 g/mol. The summed E-state index contributed by atoms with van der Waals surface area (Å²) in [6.07, 6.45) is 2.28. The van der Waals surface area contributed by atoms with Crippen molar-refractivity contribution in [1.82, 2.24) is 20.1 Å². The molecule has 0 unspecified atom stereocenters. The smallest absolute Gasteiger partial charge is 0.243 e. The molecule has 1 aromatic heterocycles. The average molecular weight is 348 g/mol. The summed E-state index contributed by atoms with van der Waals surface area (Å²) in [5, 5.41) is 22.4. The number of nitrogens with zero attached hydrogens (tertiary/aromatic N) is 4. The summed E-state index contributed by atoms with van der Waals surface area (Å²) >= 11 is 5.88. The lowest BCUT2D eigenvalue weighted by Gasteiger charge is -2.32. The Kier molecular flexibility index (Phi) is 5.16. The Morgan fingerprint density at radius 3 is 2.92 bits per heavy atom. The third kappa shape index (κ3) is 3.76. The molecule has 128 valence electrons. The minimum Gasteiger partial charge on any atom is -0.507 e. The van der Waals surface area contributed by atoms with Crippen LogP contribution in [0.1, 0.15) is 25.5 Å². The SMILES string of the molecule is CCN1CCC[C@@H](Nc2nnc(-c3ccc(Cl)cc3O)c(C)n2)C1.